The molecule has 3 aliphatic rings. The van der Waals surface area contributed by atoms with E-state index in [1.54, 1.807) is 12.3 Å². The molecule has 2 fully saturated rings. The van der Waals surface area contributed by atoms with Gasteiger partial charge in [0.25, 0.3) is 0 Å². The van der Waals surface area contributed by atoms with Crippen molar-refractivity contribution >= 4 is 40.4 Å². The standard InChI is InChI=1S/C22H16ClF3N6O2S/c23-13-2-1-11(5-14(13)24)17-16(12-7-28-32(8-12)20(25)26)15-6-22(10-34-21(33)30-22)9-31(15)18(29-17)19-27-3-4-35-19/h1-5,7-8,17,20H,6,9-10H2,(H,30,33)/t17-,22-/m0/s1. The summed E-state index contributed by atoms with van der Waals surface area (Å²) in [6.07, 6.45) is 4.05. The second-order valence-electron chi connectivity index (χ2n) is 8.46. The van der Waals surface area contributed by atoms with E-state index in [0.29, 0.717) is 45.2 Å². The SMILES string of the molecule is O=C1N[C@@]2(CO1)CC1=C(c3cnn(C(F)F)c3)[C@H](c3ccc(Cl)c(F)c3)N=C(c3nccs3)N1C2. The Morgan fingerprint density at radius 3 is 2.86 bits per heavy atom. The van der Waals surface area contributed by atoms with Gasteiger partial charge in [0.2, 0.25) is 0 Å². The number of alkyl carbamates (subject to hydrolysis) is 1. The lowest BCUT2D eigenvalue weighted by Gasteiger charge is -2.32. The summed E-state index contributed by atoms with van der Waals surface area (Å²) in [7, 11) is 0. The number of carbonyl (C=O) groups excluding carboxylic acids is 1. The molecule has 1 amide bonds. The van der Waals surface area contributed by atoms with E-state index in [2.05, 4.69) is 15.4 Å². The highest BCUT2D eigenvalue weighted by Crippen LogP contribution is 2.48. The van der Waals surface area contributed by atoms with Crippen LogP contribution in [0.1, 0.15) is 35.1 Å². The van der Waals surface area contributed by atoms with Crippen LogP contribution in [0.25, 0.3) is 5.57 Å². The highest BCUT2D eigenvalue weighted by atomic mass is 35.5. The number of amidine groups is 1. The Kier molecular flexibility index (Phi) is 5.11. The molecule has 0 unspecified atom stereocenters. The minimum absolute atomic E-state index is 0.0410. The van der Waals surface area contributed by atoms with Crippen molar-refractivity contribution in [2.24, 2.45) is 4.99 Å². The zero-order valence-corrected chi connectivity index (χ0v) is 19.4. The number of cyclic esters (lactones) is 1. The van der Waals surface area contributed by atoms with Gasteiger partial charge in [-0.15, -0.1) is 11.3 Å². The maximum absolute atomic E-state index is 14.5. The van der Waals surface area contributed by atoms with Crippen LogP contribution in [0.15, 0.2) is 52.9 Å². The lowest BCUT2D eigenvalue weighted by atomic mass is 9.89. The van der Waals surface area contributed by atoms with Crippen molar-refractivity contribution in [1.29, 1.82) is 0 Å². The summed E-state index contributed by atoms with van der Waals surface area (Å²) >= 11 is 7.30. The lowest BCUT2D eigenvalue weighted by Crippen LogP contribution is -2.46. The predicted molar refractivity (Wildman–Crippen MR) is 122 cm³/mol. The number of amides is 1. The van der Waals surface area contributed by atoms with Crippen molar-refractivity contribution in [2.75, 3.05) is 13.2 Å². The van der Waals surface area contributed by atoms with Crippen molar-refractivity contribution in [3.63, 3.8) is 0 Å². The van der Waals surface area contributed by atoms with Crippen LogP contribution in [0.3, 0.4) is 0 Å². The number of aliphatic imine (C=N–C) groups is 1. The van der Waals surface area contributed by atoms with E-state index in [1.807, 2.05) is 10.3 Å². The molecule has 2 atom stereocenters. The number of carbonyl (C=O) groups is 1. The quantitative estimate of drug-likeness (QED) is 0.542. The normalized spacial score (nSPS) is 23.7. The van der Waals surface area contributed by atoms with E-state index in [-0.39, 0.29) is 11.6 Å². The third-order valence-electron chi connectivity index (χ3n) is 6.23. The minimum atomic E-state index is -2.83. The second-order valence-corrected chi connectivity index (χ2v) is 9.76. The number of thiazole rings is 1. The molecule has 5 heterocycles. The number of ether oxygens (including phenoxy) is 1. The van der Waals surface area contributed by atoms with Gasteiger partial charge in [-0.05, 0) is 17.7 Å². The zero-order chi connectivity index (χ0) is 24.3. The molecule has 1 aromatic carbocycles. The maximum atomic E-state index is 14.5. The molecular formula is C22H16ClF3N6O2S. The molecule has 3 aliphatic heterocycles. The van der Waals surface area contributed by atoms with E-state index >= 15 is 0 Å². The number of aromatic nitrogens is 3. The average molecular weight is 521 g/mol. The van der Waals surface area contributed by atoms with Crippen LogP contribution in [0.4, 0.5) is 18.0 Å². The van der Waals surface area contributed by atoms with E-state index in [9.17, 15) is 18.0 Å². The second kappa shape index (κ2) is 8.09. The molecule has 0 bridgehead atoms. The third-order valence-corrected chi connectivity index (χ3v) is 7.30. The Hall–Kier alpha value is -3.38. The Bertz CT molecular complexity index is 1390. The predicted octanol–water partition coefficient (Wildman–Crippen LogP) is 4.62. The molecule has 13 heteroatoms. The molecule has 2 saturated heterocycles. The van der Waals surface area contributed by atoms with Crippen LogP contribution in [-0.4, -0.2) is 50.3 Å². The first-order chi connectivity index (χ1) is 16.8. The van der Waals surface area contributed by atoms with Crippen LogP contribution >= 0.6 is 22.9 Å². The van der Waals surface area contributed by atoms with Gasteiger partial charge in [-0.2, -0.15) is 13.9 Å². The summed E-state index contributed by atoms with van der Waals surface area (Å²) in [6.45, 7) is -2.34. The minimum Gasteiger partial charge on any atom is -0.447 e. The monoisotopic (exact) mass is 520 g/mol. The topological polar surface area (TPSA) is 84.6 Å². The molecule has 8 nitrogen and oxygen atoms in total. The highest BCUT2D eigenvalue weighted by Gasteiger charge is 2.51. The largest absolute Gasteiger partial charge is 0.447 e. The molecule has 3 aromatic rings. The molecule has 6 rings (SSSR count). The molecule has 35 heavy (non-hydrogen) atoms. The highest BCUT2D eigenvalue weighted by molar-refractivity contribution is 7.11. The number of nitrogens with zero attached hydrogens (tertiary/aromatic N) is 5. The number of halogens is 4. The van der Waals surface area contributed by atoms with Crippen LogP contribution in [0, 0.1) is 5.82 Å². The fourth-order valence-electron chi connectivity index (χ4n) is 4.74. The Morgan fingerprint density at radius 2 is 2.20 bits per heavy atom. The van der Waals surface area contributed by atoms with E-state index < -0.39 is 30.0 Å². The van der Waals surface area contributed by atoms with Gasteiger partial charge in [0.05, 0.1) is 17.8 Å². The molecule has 0 radical (unpaired) electrons. The number of nitrogens with one attached hydrogen (secondary N) is 1. The lowest BCUT2D eigenvalue weighted by molar-refractivity contribution is 0.0566. The van der Waals surface area contributed by atoms with Crippen molar-refractivity contribution < 1.29 is 22.7 Å². The fraction of sp³-hybridized carbons (Fsp3) is 0.273. The smallest absolute Gasteiger partial charge is 0.407 e. The molecule has 2 aromatic heterocycles. The van der Waals surface area contributed by atoms with Crippen molar-refractivity contribution in [1.82, 2.24) is 25.0 Å². The Morgan fingerprint density at radius 1 is 1.34 bits per heavy atom. The summed E-state index contributed by atoms with van der Waals surface area (Å²) in [4.78, 5) is 23.2. The van der Waals surface area contributed by atoms with Crippen LogP contribution in [0.5, 0.6) is 0 Å². The van der Waals surface area contributed by atoms with Gasteiger partial charge < -0.3 is 15.0 Å². The van der Waals surface area contributed by atoms with Crippen molar-refractivity contribution in [2.45, 2.75) is 24.6 Å². The van der Waals surface area contributed by atoms with E-state index in [0.717, 1.165) is 5.70 Å². The van der Waals surface area contributed by atoms with Gasteiger partial charge in [0.15, 0.2) is 10.8 Å². The van der Waals surface area contributed by atoms with Gasteiger partial charge in [-0.1, -0.05) is 17.7 Å². The third kappa shape index (κ3) is 3.67. The van der Waals surface area contributed by atoms with Crippen LogP contribution in [0.2, 0.25) is 5.02 Å². The molecule has 1 spiro atoms. The first-order valence-electron chi connectivity index (χ1n) is 10.5. The maximum Gasteiger partial charge on any atom is 0.407 e. The van der Waals surface area contributed by atoms with E-state index in [1.165, 1.54) is 35.9 Å². The van der Waals surface area contributed by atoms with Crippen LogP contribution in [-0.2, 0) is 4.74 Å². The summed E-state index contributed by atoms with van der Waals surface area (Å²) in [5, 5.41) is 9.09. The number of fused-ring (bicyclic) bond motifs is 1. The molecule has 0 saturated carbocycles. The van der Waals surface area contributed by atoms with E-state index in [4.69, 9.17) is 21.3 Å². The first-order valence-corrected chi connectivity index (χ1v) is 11.8. The van der Waals surface area contributed by atoms with Gasteiger partial charge in [-0.25, -0.2) is 18.9 Å². The molecular weight excluding hydrogens is 505 g/mol. The first kappa shape index (κ1) is 22.1. The summed E-state index contributed by atoms with van der Waals surface area (Å²) in [5.41, 5.74) is 1.49. The fourth-order valence-corrected chi connectivity index (χ4v) is 5.50. The van der Waals surface area contributed by atoms with Gasteiger partial charge in [-0.3, -0.25) is 4.99 Å². The number of rotatable bonds is 4. The Labute approximate surface area is 205 Å². The number of alkyl halides is 2. The average Bonchev–Trinajstić information content (AvgIpc) is 3.62. The van der Waals surface area contributed by atoms with Gasteiger partial charge in [0.1, 0.15) is 24.0 Å². The molecule has 0 aliphatic carbocycles. The Balaban J connectivity index is 1.57. The zero-order valence-electron chi connectivity index (χ0n) is 17.8. The van der Waals surface area contributed by atoms with Crippen LogP contribution < -0.4 is 5.32 Å². The number of benzene rings is 1. The number of hydrogen-bond donors (Lipinski definition) is 1. The van der Waals surface area contributed by atoms with Crippen molar-refractivity contribution in [3.05, 3.63) is 74.8 Å². The summed E-state index contributed by atoms with van der Waals surface area (Å²) in [5.74, 6) is -0.0806. The van der Waals surface area contributed by atoms with Crippen molar-refractivity contribution in [3.8, 4) is 0 Å². The summed E-state index contributed by atoms with van der Waals surface area (Å²) < 4.78 is 47.0. The molecule has 180 valence electrons. The van der Waals surface area contributed by atoms with Gasteiger partial charge in [0, 0.05) is 41.0 Å². The van der Waals surface area contributed by atoms with Gasteiger partial charge >= 0.3 is 12.6 Å². The summed E-state index contributed by atoms with van der Waals surface area (Å²) in [6, 6.07) is 3.62. The number of hydrogen-bond acceptors (Lipinski definition) is 7. The molecule has 1 N–H and O–H groups in total.